The molecule has 4 aliphatic rings. The van der Waals surface area contributed by atoms with Gasteiger partial charge >= 0.3 is 0 Å². The lowest BCUT2D eigenvalue weighted by molar-refractivity contribution is -0.0453. The van der Waals surface area contributed by atoms with Crippen molar-refractivity contribution >= 4 is 0 Å². The van der Waals surface area contributed by atoms with Crippen LogP contribution in [0.1, 0.15) is 17.5 Å². The molecule has 5 rings (SSSR count). The van der Waals surface area contributed by atoms with Gasteiger partial charge in [0.2, 0.25) is 0 Å². The zero-order valence-corrected chi connectivity index (χ0v) is 12.0. The fraction of sp³-hybridized carbons (Fsp3) is 0.529. The predicted octanol–water partition coefficient (Wildman–Crippen LogP) is 1.20. The number of ether oxygens (including phenoxy) is 1. The van der Waals surface area contributed by atoms with E-state index in [0.29, 0.717) is 17.7 Å². The highest BCUT2D eigenvalue weighted by molar-refractivity contribution is 5.61. The second-order valence-corrected chi connectivity index (χ2v) is 6.93. The molecular weight excluding hydrogens is 268 g/mol. The van der Waals surface area contributed by atoms with E-state index in [2.05, 4.69) is 18.0 Å². The van der Waals surface area contributed by atoms with Crippen LogP contribution in [0.5, 0.6) is 11.5 Å². The van der Waals surface area contributed by atoms with Gasteiger partial charge in [-0.3, -0.25) is 0 Å². The molecule has 1 aromatic rings. The maximum Gasteiger partial charge on any atom is 0.165 e. The number of piperidine rings is 1. The molecule has 0 radical (unpaired) electrons. The summed E-state index contributed by atoms with van der Waals surface area (Å²) < 4.78 is 6.09. The molecular formula is C17H19NO3. The molecule has 21 heavy (non-hydrogen) atoms. The molecule has 110 valence electrons. The van der Waals surface area contributed by atoms with Crippen LogP contribution >= 0.6 is 0 Å². The third-order valence-corrected chi connectivity index (χ3v) is 6.15. The molecule has 2 N–H and O–H groups in total. The second kappa shape index (κ2) is 3.62. The number of aliphatic hydroxyl groups excluding tert-OH is 1. The zero-order valence-electron chi connectivity index (χ0n) is 12.0. The highest BCUT2D eigenvalue weighted by atomic mass is 16.5. The van der Waals surface area contributed by atoms with E-state index in [-0.39, 0.29) is 17.3 Å². The maximum atomic E-state index is 10.4. The van der Waals surface area contributed by atoms with E-state index in [1.54, 1.807) is 6.07 Å². The molecule has 1 spiro atoms. The minimum atomic E-state index is -0.594. The summed E-state index contributed by atoms with van der Waals surface area (Å²) in [7, 11) is 2.19. The van der Waals surface area contributed by atoms with Crippen molar-refractivity contribution in [1.29, 1.82) is 0 Å². The maximum absolute atomic E-state index is 10.4. The third kappa shape index (κ3) is 1.21. The van der Waals surface area contributed by atoms with Crippen LogP contribution < -0.4 is 4.74 Å². The Labute approximate surface area is 123 Å². The van der Waals surface area contributed by atoms with E-state index in [0.717, 1.165) is 19.4 Å². The van der Waals surface area contributed by atoms with Gasteiger partial charge in [0.15, 0.2) is 11.5 Å². The summed E-state index contributed by atoms with van der Waals surface area (Å²) in [5.41, 5.74) is 2.29. The van der Waals surface area contributed by atoms with E-state index in [4.69, 9.17) is 4.74 Å². The number of likely N-dealkylation sites (tertiary alicyclic amines) is 1. The van der Waals surface area contributed by atoms with Crippen molar-refractivity contribution < 1.29 is 14.9 Å². The van der Waals surface area contributed by atoms with Crippen LogP contribution in [0.15, 0.2) is 24.3 Å². The van der Waals surface area contributed by atoms with E-state index < -0.39 is 6.10 Å². The van der Waals surface area contributed by atoms with Gasteiger partial charge in [-0.25, -0.2) is 0 Å². The molecule has 1 fully saturated rings. The first kappa shape index (κ1) is 12.1. The van der Waals surface area contributed by atoms with Crippen LogP contribution in [0.4, 0.5) is 0 Å². The largest absolute Gasteiger partial charge is 0.504 e. The fourth-order valence-corrected chi connectivity index (χ4v) is 5.24. The van der Waals surface area contributed by atoms with Crippen LogP contribution in [-0.2, 0) is 11.8 Å². The van der Waals surface area contributed by atoms with Gasteiger partial charge in [-0.2, -0.15) is 0 Å². The van der Waals surface area contributed by atoms with Gasteiger partial charge in [0.05, 0.1) is 0 Å². The number of nitrogens with zero attached hydrogens (tertiary/aromatic N) is 1. The number of aromatic hydroxyl groups is 1. The number of benzene rings is 1. The summed E-state index contributed by atoms with van der Waals surface area (Å²) in [6.07, 6.45) is 5.18. The van der Waals surface area contributed by atoms with Crippen LogP contribution in [0.3, 0.4) is 0 Å². The molecule has 4 nitrogen and oxygen atoms in total. The van der Waals surface area contributed by atoms with Crippen molar-refractivity contribution in [1.82, 2.24) is 4.90 Å². The molecule has 0 unspecified atom stereocenters. The van der Waals surface area contributed by atoms with Gasteiger partial charge in [0.25, 0.3) is 0 Å². The summed E-state index contributed by atoms with van der Waals surface area (Å²) in [5, 5.41) is 20.6. The number of phenolic OH excluding ortho intramolecular Hbond substituents is 1. The first-order chi connectivity index (χ1) is 10.1. The monoisotopic (exact) mass is 287 g/mol. The Morgan fingerprint density at radius 3 is 3.14 bits per heavy atom. The molecule has 0 amide bonds. The Morgan fingerprint density at radius 1 is 1.43 bits per heavy atom. The first-order valence-electron chi connectivity index (χ1n) is 7.71. The van der Waals surface area contributed by atoms with Gasteiger partial charge < -0.3 is 19.8 Å². The van der Waals surface area contributed by atoms with Crippen LogP contribution in [0.2, 0.25) is 0 Å². The molecule has 1 aromatic carbocycles. The molecule has 4 heteroatoms. The number of hydrogen-bond donors (Lipinski definition) is 2. The average molecular weight is 287 g/mol. The average Bonchev–Trinajstić information content (AvgIpc) is 2.83. The van der Waals surface area contributed by atoms with Crippen molar-refractivity contribution in [3.8, 4) is 11.5 Å². The Bertz CT molecular complexity index is 670. The minimum absolute atomic E-state index is 0.160. The van der Waals surface area contributed by atoms with Gasteiger partial charge in [0, 0.05) is 22.9 Å². The molecule has 0 aromatic heterocycles. The minimum Gasteiger partial charge on any atom is -0.504 e. The van der Waals surface area contributed by atoms with Gasteiger partial charge in [-0.1, -0.05) is 18.2 Å². The van der Waals surface area contributed by atoms with E-state index in [1.165, 1.54) is 11.1 Å². The molecule has 5 atom stereocenters. The second-order valence-electron chi connectivity index (χ2n) is 6.93. The first-order valence-corrected chi connectivity index (χ1v) is 7.71. The molecule has 1 saturated heterocycles. The Balaban J connectivity index is 1.84. The lowest BCUT2D eigenvalue weighted by Crippen LogP contribution is -2.64. The Hall–Kier alpha value is -1.52. The van der Waals surface area contributed by atoms with E-state index >= 15 is 0 Å². The number of hydrogen-bond acceptors (Lipinski definition) is 4. The number of likely N-dealkylation sites (N-methyl/N-ethyl adjacent to an activating group) is 1. The summed E-state index contributed by atoms with van der Waals surface area (Å²) in [5.74, 6) is 1.19. The smallest absolute Gasteiger partial charge is 0.165 e. The Kier molecular flexibility index (Phi) is 2.08. The van der Waals surface area contributed by atoms with Crippen LogP contribution in [-0.4, -0.2) is 47.0 Å². The predicted molar refractivity (Wildman–Crippen MR) is 77.6 cm³/mol. The summed E-state index contributed by atoms with van der Waals surface area (Å²) in [4.78, 5) is 2.43. The van der Waals surface area contributed by atoms with Crippen molar-refractivity contribution in [2.75, 3.05) is 13.6 Å². The van der Waals surface area contributed by atoms with Crippen LogP contribution in [0.25, 0.3) is 0 Å². The van der Waals surface area contributed by atoms with Gasteiger partial charge in [-0.15, -0.1) is 0 Å². The van der Waals surface area contributed by atoms with Crippen molar-refractivity contribution in [3.05, 3.63) is 35.4 Å². The van der Waals surface area contributed by atoms with Crippen molar-refractivity contribution in [2.45, 2.75) is 36.5 Å². The summed E-state index contributed by atoms with van der Waals surface area (Å²) in [6.45, 7) is 1.01. The van der Waals surface area contributed by atoms with Crippen molar-refractivity contribution in [3.63, 3.8) is 0 Å². The lowest BCUT2D eigenvalue weighted by Gasteiger charge is -2.56. The standard InChI is InChI=1S/C17H19NO3/c1-18-7-6-17-10-3-5-13(20)16(17)21-15-12(19)4-2-9(14(15)17)8-11(10)18/h2-5,10-11,13,16,19-20H,6-8H2,1H3/t10-,11+,13-,16-,17-/m0/s1/i2+2. The zero-order chi connectivity index (χ0) is 14.4. The van der Waals surface area contributed by atoms with E-state index in [1.807, 2.05) is 12.1 Å². The third-order valence-electron chi connectivity index (χ3n) is 6.15. The fourth-order valence-electron chi connectivity index (χ4n) is 5.24. The van der Waals surface area contributed by atoms with Crippen LogP contribution in [0, 0.1) is 5.92 Å². The summed E-state index contributed by atoms with van der Waals surface area (Å²) >= 11 is 0. The molecule has 2 bridgehead atoms. The molecule has 2 heterocycles. The van der Waals surface area contributed by atoms with Gasteiger partial charge in [0.1, 0.15) is 12.2 Å². The molecule has 2 aliphatic heterocycles. The highest BCUT2D eigenvalue weighted by Crippen LogP contribution is 2.62. The molecule has 0 saturated carbocycles. The Morgan fingerprint density at radius 2 is 2.29 bits per heavy atom. The number of rotatable bonds is 0. The SMILES string of the molecule is CN1CC[C@]23c4c5[14cH]cc(O)c4O[C@H]2[C@@H](O)C=C[C@H]3[C@H]1C5. The molecule has 2 aliphatic carbocycles. The highest BCUT2D eigenvalue weighted by Gasteiger charge is 2.64. The normalized spacial score (nSPS) is 42.6. The van der Waals surface area contributed by atoms with Crippen molar-refractivity contribution in [2.24, 2.45) is 5.92 Å². The quantitative estimate of drug-likeness (QED) is 0.704. The van der Waals surface area contributed by atoms with Gasteiger partial charge in [-0.05, 0) is 38.1 Å². The lowest BCUT2D eigenvalue weighted by atomic mass is 9.54. The summed E-state index contributed by atoms with van der Waals surface area (Å²) in [6, 6.07) is 4.23. The topological polar surface area (TPSA) is 52.9 Å². The van der Waals surface area contributed by atoms with E-state index in [9.17, 15) is 10.2 Å². The number of phenols is 1. The number of aliphatic hydroxyl groups is 1.